The van der Waals surface area contributed by atoms with Gasteiger partial charge in [0.1, 0.15) is 11.5 Å². The van der Waals surface area contributed by atoms with Gasteiger partial charge < -0.3 is 10.2 Å². The van der Waals surface area contributed by atoms with E-state index in [0.29, 0.717) is 23.3 Å². The Bertz CT molecular complexity index is 794. The van der Waals surface area contributed by atoms with Crippen molar-refractivity contribution in [2.24, 2.45) is 0 Å². The molecule has 0 saturated heterocycles. The highest BCUT2D eigenvalue weighted by Gasteiger charge is 2.16. The summed E-state index contributed by atoms with van der Waals surface area (Å²) in [5.74, 6) is 1.65. The van der Waals surface area contributed by atoms with Gasteiger partial charge in [-0.05, 0) is 79.3 Å². The predicted octanol–water partition coefficient (Wildman–Crippen LogP) is 7.95. The Morgan fingerprint density at radius 1 is 0.964 bits per heavy atom. The lowest BCUT2D eigenvalue weighted by Gasteiger charge is -2.18. The second kappa shape index (κ2) is 10.8. The van der Waals surface area contributed by atoms with E-state index in [1.165, 1.54) is 5.56 Å². The molecule has 0 spiro atoms. The van der Waals surface area contributed by atoms with Crippen LogP contribution in [-0.2, 0) is 6.42 Å². The van der Waals surface area contributed by atoms with Crippen molar-refractivity contribution in [3.8, 4) is 11.5 Å². The van der Waals surface area contributed by atoms with Gasteiger partial charge in [-0.25, -0.2) is 0 Å². The Kier molecular flexibility index (Phi) is 9.36. The predicted molar refractivity (Wildman–Crippen MR) is 122 cm³/mol. The summed E-state index contributed by atoms with van der Waals surface area (Å²) < 4.78 is 0. The molecule has 156 valence electrons. The van der Waals surface area contributed by atoms with Crippen molar-refractivity contribution in [3.05, 3.63) is 56.6 Å². The van der Waals surface area contributed by atoms with Crippen LogP contribution in [0.3, 0.4) is 0 Å². The molecule has 28 heavy (non-hydrogen) atoms. The normalized spacial score (nSPS) is 11.9. The Morgan fingerprint density at radius 2 is 1.57 bits per heavy atom. The minimum atomic E-state index is 0.369. The van der Waals surface area contributed by atoms with Crippen molar-refractivity contribution < 1.29 is 10.2 Å². The van der Waals surface area contributed by atoms with Crippen LogP contribution < -0.4 is 0 Å². The van der Waals surface area contributed by atoms with Gasteiger partial charge in [-0.1, -0.05) is 64.8 Å². The van der Waals surface area contributed by atoms with Gasteiger partial charge in [0.2, 0.25) is 0 Å². The smallest absolute Gasteiger partial charge is 0.122 e. The topological polar surface area (TPSA) is 40.5 Å². The summed E-state index contributed by atoms with van der Waals surface area (Å²) >= 11 is 6.19. The summed E-state index contributed by atoms with van der Waals surface area (Å²) in [5.41, 5.74) is 6.31. The second-order valence-corrected chi connectivity index (χ2v) is 8.44. The number of halogens is 1. The van der Waals surface area contributed by atoms with Gasteiger partial charge in [0.25, 0.3) is 0 Å². The van der Waals surface area contributed by atoms with E-state index in [9.17, 15) is 10.2 Å². The van der Waals surface area contributed by atoms with Crippen LogP contribution in [0.25, 0.3) is 0 Å². The molecule has 2 rings (SSSR count). The molecule has 1 atom stereocenters. The van der Waals surface area contributed by atoms with Crippen molar-refractivity contribution in [3.63, 3.8) is 0 Å². The average molecular weight is 405 g/mol. The number of phenols is 2. The third-order valence-corrected chi connectivity index (χ3v) is 6.03. The fourth-order valence-electron chi connectivity index (χ4n) is 3.82. The lowest BCUT2D eigenvalue weighted by molar-refractivity contribution is 0.457. The number of phenolic OH excluding ortho intramolecular Hbond substituents is 2. The van der Waals surface area contributed by atoms with Gasteiger partial charge in [0, 0.05) is 10.6 Å². The van der Waals surface area contributed by atoms with E-state index in [4.69, 9.17) is 11.6 Å². The van der Waals surface area contributed by atoms with Crippen LogP contribution in [0.4, 0.5) is 0 Å². The van der Waals surface area contributed by atoms with Gasteiger partial charge in [-0.3, -0.25) is 0 Å². The maximum Gasteiger partial charge on any atom is 0.122 e. The van der Waals surface area contributed by atoms with Crippen molar-refractivity contribution in [2.75, 3.05) is 0 Å². The van der Waals surface area contributed by atoms with Gasteiger partial charge in [0.15, 0.2) is 0 Å². The van der Waals surface area contributed by atoms with Gasteiger partial charge in [-0.2, -0.15) is 0 Å². The maximum atomic E-state index is 9.94. The fraction of sp³-hybridized carbons (Fsp3) is 0.520. The summed E-state index contributed by atoms with van der Waals surface area (Å²) in [5, 5.41) is 20.7. The number of hydrogen-bond acceptors (Lipinski definition) is 2. The van der Waals surface area contributed by atoms with Crippen molar-refractivity contribution in [1.82, 2.24) is 0 Å². The van der Waals surface area contributed by atoms with E-state index in [1.807, 2.05) is 26.8 Å². The molecule has 0 saturated carbocycles. The zero-order chi connectivity index (χ0) is 21.6. The summed E-state index contributed by atoms with van der Waals surface area (Å²) in [6.07, 6.45) is 3.09. The number of aromatic hydroxyl groups is 2. The van der Waals surface area contributed by atoms with E-state index in [1.54, 1.807) is 6.07 Å². The van der Waals surface area contributed by atoms with Crippen LogP contribution in [0.1, 0.15) is 92.7 Å². The van der Waals surface area contributed by atoms with Crippen LogP contribution in [-0.4, -0.2) is 10.2 Å². The molecule has 3 heteroatoms. The number of aryl methyl sites for hydroxylation is 2. The first-order valence-electron chi connectivity index (χ1n) is 10.4. The molecular formula is C25H37ClO2. The molecule has 1 unspecified atom stereocenters. The highest BCUT2D eigenvalue weighted by atomic mass is 35.5. The van der Waals surface area contributed by atoms with E-state index in [-0.39, 0.29) is 0 Å². The maximum absolute atomic E-state index is 9.94. The molecule has 0 amide bonds. The minimum Gasteiger partial charge on any atom is -0.508 e. The SMILES string of the molecule is CCCC(C)c1c(O)cc(C)c(Cl)c1C.CCc1c(C)ccc(C(C)C)c1O. The zero-order valence-electron chi connectivity index (χ0n) is 18.8. The summed E-state index contributed by atoms with van der Waals surface area (Å²) in [4.78, 5) is 0. The van der Waals surface area contributed by atoms with Crippen molar-refractivity contribution in [1.29, 1.82) is 0 Å². The molecule has 0 aliphatic rings. The molecule has 0 radical (unpaired) electrons. The first-order valence-corrected chi connectivity index (χ1v) is 10.7. The van der Waals surface area contributed by atoms with Crippen LogP contribution in [0.2, 0.25) is 5.02 Å². The number of benzene rings is 2. The molecule has 0 fully saturated rings. The Labute approximate surface area is 176 Å². The van der Waals surface area contributed by atoms with Crippen LogP contribution in [0.15, 0.2) is 18.2 Å². The summed E-state index contributed by atoms with van der Waals surface area (Å²) in [7, 11) is 0. The lowest BCUT2D eigenvalue weighted by Crippen LogP contribution is -1.99. The van der Waals surface area contributed by atoms with Crippen molar-refractivity contribution >= 4 is 11.6 Å². The van der Waals surface area contributed by atoms with Crippen LogP contribution in [0, 0.1) is 20.8 Å². The van der Waals surface area contributed by atoms with E-state index >= 15 is 0 Å². The standard InChI is InChI=1S/C13H19ClO.C12H18O/c1-5-6-8(2)12-10(4)13(14)9(3)7-11(12)15;1-5-10-9(4)6-7-11(8(2)3)12(10)13/h7-8,15H,5-6H2,1-4H3;6-8,13H,5H2,1-4H3. The summed E-state index contributed by atoms with van der Waals surface area (Å²) in [6.45, 7) is 16.5. The Hall–Kier alpha value is -1.67. The first-order chi connectivity index (χ1) is 13.1. The monoisotopic (exact) mass is 404 g/mol. The largest absolute Gasteiger partial charge is 0.508 e. The summed E-state index contributed by atoms with van der Waals surface area (Å²) in [6, 6.07) is 5.87. The van der Waals surface area contributed by atoms with E-state index in [0.717, 1.165) is 52.1 Å². The molecule has 2 N–H and O–H groups in total. The molecular weight excluding hydrogens is 368 g/mol. The molecule has 0 heterocycles. The number of hydrogen-bond donors (Lipinski definition) is 2. The fourth-order valence-corrected chi connectivity index (χ4v) is 3.98. The van der Waals surface area contributed by atoms with E-state index in [2.05, 4.69) is 40.7 Å². The highest BCUT2D eigenvalue weighted by molar-refractivity contribution is 6.32. The molecule has 0 aliphatic carbocycles. The molecule has 0 aromatic heterocycles. The highest BCUT2D eigenvalue weighted by Crippen LogP contribution is 2.37. The Balaban J connectivity index is 0.000000283. The second-order valence-electron chi connectivity index (χ2n) is 8.06. The van der Waals surface area contributed by atoms with Gasteiger partial charge in [-0.15, -0.1) is 0 Å². The molecule has 2 nitrogen and oxygen atoms in total. The van der Waals surface area contributed by atoms with E-state index < -0.39 is 0 Å². The average Bonchev–Trinajstić information content (AvgIpc) is 2.60. The molecule has 0 bridgehead atoms. The van der Waals surface area contributed by atoms with Crippen LogP contribution in [0.5, 0.6) is 11.5 Å². The van der Waals surface area contributed by atoms with Crippen molar-refractivity contribution in [2.45, 2.75) is 86.5 Å². The molecule has 2 aromatic carbocycles. The quantitative estimate of drug-likeness (QED) is 0.530. The zero-order valence-corrected chi connectivity index (χ0v) is 19.5. The molecule has 2 aromatic rings. The minimum absolute atomic E-state index is 0.369. The third-order valence-electron chi connectivity index (χ3n) is 5.45. The molecule has 0 aliphatic heterocycles. The van der Waals surface area contributed by atoms with Crippen LogP contribution >= 0.6 is 11.6 Å². The lowest BCUT2D eigenvalue weighted by atomic mass is 9.91. The van der Waals surface area contributed by atoms with Gasteiger partial charge >= 0.3 is 0 Å². The number of rotatable bonds is 5. The van der Waals surface area contributed by atoms with Gasteiger partial charge in [0.05, 0.1) is 0 Å². The third kappa shape index (κ3) is 5.67. The Morgan fingerprint density at radius 3 is 2.07 bits per heavy atom. The first kappa shape index (κ1) is 24.4.